The number of para-hydroxylation sites is 1. The van der Waals surface area contributed by atoms with Gasteiger partial charge in [0.05, 0.1) is 19.8 Å². The standard InChI is InChI=1S/C24H25N3O4S2/c1-3-29-11-12-30-14-17-7-6-8-18(13-17)25-23(28)22-20(15-32-24-27-26-16(2)33-24)19-9-4-5-10-21(19)31-22/h4-10,13H,3,11-12,14-15H2,1-2H3,(H,25,28). The quantitative estimate of drug-likeness (QED) is 0.217. The number of carbonyl (C=O) groups is 1. The first-order valence-corrected chi connectivity index (χ1v) is 12.4. The van der Waals surface area contributed by atoms with Gasteiger partial charge < -0.3 is 19.2 Å². The lowest BCUT2D eigenvalue weighted by molar-refractivity contribution is 0.0453. The van der Waals surface area contributed by atoms with Crippen LogP contribution in [0.25, 0.3) is 11.0 Å². The van der Waals surface area contributed by atoms with E-state index in [9.17, 15) is 4.79 Å². The summed E-state index contributed by atoms with van der Waals surface area (Å²) in [6, 6.07) is 15.3. The fourth-order valence-electron chi connectivity index (χ4n) is 3.28. The first-order chi connectivity index (χ1) is 16.1. The summed E-state index contributed by atoms with van der Waals surface area (Å²) in [7, 11) is 0. The van der Waals surface area contributed by atoms with E-state index in [2.05, 4.69) is 15.5 Å². The molecule has 172 valence electrons. The van der Waals surface area contributed by atoms with Gasteiger partial charge in [-0.3, -0.25) is 4.79 Å². The number of hydrogen-bond donors (Lipinski definition) is 1. The zero-order valence-corrected chi connectivity index (χ0v) is 20.1. The fraction of sp³-hybridized carbons (Fsp3) is 0.292. The van der Waals surface area contributed by atoms with Gasteiger partial charge in [-0.25, -0.2) is 0 Å². The van der Waals surface area contributed by atoms with Gasteiger partial charge in [-0.05, 0) is 37.6 Å². The van der Waals surface area contributed by atoms with Gasteiger partial charge in [-0.2, -0.15) is 0 Å². The maximum absolute atomic E-state index is 13.2. The predicted octanol–water partition coefficient (Wildman–Crippen LogP) is 5.69. The van der Waals surface area contributed by atoms with E-state index in [0.717, 1.165) is 25.9 Å². The molecular weight excluding hydrogens is 458 g/mol. The number of aromatic nitrogens is 2. The van der Waals surface area contributed by atoms with Gasteiger partial charge in [0.1, 0.15) is 10.6 Å². The number of rotatable bonds is 11. The lowest BCUT2D eigenvalue weighted by Gasteiger charge is -2.08. The average molecular weight is 484 g/mol. The predicted molar refractivity (Wildman–Crippen MR) is 131 cm³/mol. The molecule has 0 atom stereocenters. The topological polar surface area (TPSA) is 86.5 Å². The highest BCUT2D eigenvalue weighted by molar-refractivity contribution is 8.00. The van der Waals surface area contributed by atoms with E-state index >= 15 is 0 Å². The van der Waals surface area contributed by atoms with Gasteiger partial charge in [0.25, 0.3) is 5.91 Å². The van der Waals surface area contributed by atoms with Crippen molar-refractivity contribution in [3.63, 3.8) is 0 Å². The minimum atomic E-state index is -0.287. The van der Waals surface area contributed by atoms with E-state index in [-0.39, 0.29) is 5.91 Å². The SMILES string of the molecule is CCOCCOCc1cccc(NC(=O)c2oc3ccccc3c2CSc2nnc(C)s2)c1. The van der Waals surface area contributed by atoms with Gasteiger partial charge in [-0.1, -0.05) is 53.4 Å². The zero-order valence-electron chi connectivity index (χ0n) is 18.5. The third-order valence-corrected chi connectivity index (χ3v) is 6.78. The second-order valence-electron chi connectivity index (χ2n) is 7.19. The Bertz CT molecular complexity index is 1220. The molecule has 0 radical (unpaired) electrons. The smallest absolute Gasteiger partial charge is 0.291 e. The molecular formula is C24H25N3O4S2. The number of hydrogen-bond acceptors (Lipinski definition) is 8. The van der Waals surface area contributed by atoms with Crippen LogP contribution in [0.4, 0.5) is 5.69 Å². The fourth-order valence-corrected chi connectivity index (χ4v) is 5.12. The maximum atomic E-state index is 13.2. The lowest BCUT2D eigenvalue weighted by atomic mass is 10.1. The van der Waals surface area contributed by atoms with Crippen LogP contribution in [0.2, 0.25) is 0 Å². The van der Waals surface area contributed by atoms with Crippen molar-refractivity contribution >= 4 is 45.7 Å². The molecule has 0 fully saturated rings. The summed E-state index contributed by atoms with van der Waals surface area (Å²) in [5.41, 5.74) is 3.18. The molecule has 4 aromatic rings. The summed E-state index contributed by atoms with van der Waals surface area (Å²) in [4.78, 5) is 13.2. The molecule has 2 aromatic heterocycles. The van der Waals surface area contributed by atoms with E-state index in [4.69, 9.17) is 13.9 Å². The van der Waals surface area contributed by atoms with Crippen molar-refractivity contribution in [2.75, 3.05) is 25.1 Å². The summed E-state index contributed by atoms with van der Waals surface area (Å²) in [6.07, 6.45) is 0. The molecule has 1 amide bonds. The summed E-state index contributed by atoms with van der Waals surface area (Å²) in [5.74, 6) is 0.579. The monoisotopic (exact) mass is 483 g/mol. The van der Waals surface area contributed by atoms with Gasteiger partial charge in [0, 0.05) is 29.0 Å². The minimum absolute atomic E-state index is 0.287. The number of nitrogens with zero attached hydrogens (tertiary/aromatic N) is 2. The van der Waals surface area contributed by atoms with Crippen molar-refractivity contribution in [3.05, 3.63) is 70.4 Å². The highest BCUT2D eigenvalue weighted by Gasteiger charge is 2.21. The number of furan rings is 1. The molecule has 0 bridgehead atoms. The van der Waals surface area contributed by atoms with Gasteiger partial charge >= 0.3 is 0 Å². The number of ether oxygens (including phenoxy) is 2. The molecule has 7 nitrogen and oxygen atoms in total. The van der Waals surface area contributed by atoms with Crippen molar-refractivity contribution in [3.8, 4) is 0 Å². The Hall–Kier alpha value is -2.72. The van der Waals surface area contributed by atoms with E-state index in [1.54, 1.807) is 11.8 Å². The number of benzene rings is 2. The molecule has 0 aliphatic heterocycles. The van der Waals surface area contributed by atoms with Crippen LogP contribution in [0.3, 0.4) is 0 Å². The minimum Gasteiger partial charge on any atom is -0.451 e. The Morgan fingerprint density at radius 2 is 1.97 bits per heavy atom. The number of nitrogens with one attached hydrogen (secondary N) is 1. The van der Waals surface area contributed by atoms with Gasteiger partial charge in [-0.15, -0.1) is 10.2 Å². The van der Waals surface area contributed by atoms with Crippen molar-refractivity contribution in [2.45, 2.75) is 30.5 Å². The van der Waals surface area contributed by atoms with Crippen LogP contribution in [-0.4, -0.2) is 35.9 Å². The van der Waals surface area contributed by atoms with E-state index < -0.39 is 0 Å². The maximum Gasteiger partial charge on any atom is 0.291 e. The lowest BCUT2D eigenvalue weighted by Crippen LogP contribution is -2.13. The van der Waals surface area contributed by atoms with Crippen LogP contribution < -0.4 is 5.32 Å². The van der Waals surface area contributed by atoms with Crippen molar-refractivity contribution in [2.24, 2.45) is 0 Å². The van der Waals surface area contributed by atoms with E-state index in [1.165, 1.54) is 11.3 Å². The van der Waals surface area contributed by atoms with Gasteiger partial charge in [0.15, 0.2) is 10.1 Å². The summed E-state index contributed by atoms with van der Waals surface area (Å²) < 4.78 is 17.7. The van der Waals surface area contributed by atoms with Crippen LogP contribution in [0.1, 0.15) is 33.6 Å². The molecule has 2 heterocycles. The number of fused-ring (bicyclic) bond motifs is 1. The third kappa shape index (κ3) is 6.20. The van der Waals surface area contributed by atoms with Crippen LogP contribution in [0, 0.1) is 6.92 Å². The van der Waals surface area contributed by atoms with E-state index in [0.29, 0.717) is 49.2 Å². The van der Waals surface area contributed by atoms with Crippen LogP contribution in [0.15, 0.2) is 57.3 Å². The molecule has 4 rings (SSSR count). The molecule has 0 unspecified atom stereocenters. The molecule has 0 spiro atoms. The normalized spacial score (nSPS) is 11.2. The molecule has 2 aromatic carbocycles. The molecule has 0 aliphatic rings. The van der Waals surface area contributed by atoms with E-state index in [1.807, 2.05) is 62.4 Å². The Morgan fingerprint density at radius 3 is 2.79 bits per heavy atom. The highest BCUT2D eigenvalue weighted by Crippen LogP contribution is 2.33. The highest BCUT2D eigenvalue weighted by atomic mass is 32.2. The summed E-state index contributed by atoms with van der Waals surface area (Å²) in [5, 5.41) is 13.0. The Morgan fingerprint density at radius 1 is 1.12 bits per heavy atom. The summed E-state index contributed by atoms with van der Waals surface area (Å²) in [6.45, 7) is 6.09. The second-order valence-corrected chi connectivity index (χ2v) is 9.59. The number of anilines is 1. The Labute approximate surface area is 200 Å². The molecule has 0 saturated heterocycles. The zero-order chi connectivity index (χ0) is 23.0. The van der Waals surface area contributed by atoms with Gasteiger partial charge in [0.2, 0.25) is 0 Å². The first kappa shape index (κ1) is 23.4. The number of aryl methyl sites for hydroxylation is 1. The number of carbonyl (C=O) groups excluding carboxylic acids is 1. The first-order valence-electron chi connectivity index (χ1n) is 10.6. The van der Waals surface area contributed by atoms with Crippen LogP contribution in [-0.2, 0) is 21.8 Å². The Balaban J connectivity index is 1.48. The molecule has 0 aliphatic carbocycles. The molecule has 0 saturated carbocycles. The molecule has 1 N–H and O–H groups in total. The van der Waals surface area contributed by atoms with Crippen molar-refractivity contribution in [1.29, 1.82) is 0 Å². The number of thioether (sulfide) groups is 1. The molecule has 33 heavy (non-hydrogen) atoms. The van der Waals surface area contributed by atoms with Crippen LogP contribution >= 0.6 is 23.1 Å². The van der Waals surface area contributed by atoms with Crippen molar-refractivity contribution in [1.82, 2.24) is 10.2 Å². The number of amides is 1. The third-order valence-electron chi connectivity index (χ3n) is 4.78. The largest absolute Gasteiger partial charge is 0.451 e. The Kier molecular flexibility index (Phi) is 8.11. The molecule has 9 heteroatoms. The van der Waals surface area contributed by atoms with Crippen LogP contribution in [0.5, 0.6) is 0 Å². The van der Waals surface area contributed by atoms with Crippen molar-refractivity contribution < 1.29 is 18.7 Å². The second kappa shape index (κ2) is 11.4. The average Bonchev–Trinajstić information content (AvgIpc) is 3.41. The summed E-state index contributed by atoms with van der Waals surface area (Å²) >= 11 is 3.08.